The summed E-state index contributed by atoms with van der Waals surface area (Å²) in [6.45, 7) is 9.35. The zero-order valence-electron chi connectivity index (χ0n) is 18.9. The van der Waals surface area contributed by atoms with Gasteiger partial charge in [0.15, 0.2) is 0 Å². The van der Waals surface area contributed by atoms with E-state index in [4.69, 9.17) is 4.74 Å². The average Bonchev–Trinajstić information content (AvgIpc) is 3.26. The lowest BCUT2D eigenvalue weighted by Gasteiger charge is -2.34. The predicted molar refractivity (Wildman–Crippen MR) is 129 cm³/mol. The number of nitrogens with zero attached hydrogens (tertiary/aromatic N) is 1. The fraction of sp³-hybridized carbons (Fsp3) is 0.520. The lowest BCUT2D eigenvalue weighted by molar-refractivity contribution is 0.252. The largest absolute Gasteiger partial charge is 0.496 e. The summed E-state index contributed by atoms with van der Waals surface area (Å²) in [7, 11) is 1.68. The van der Waals surface area contributed by atoms with E-state index in [-0.39, 0.29) is 11.5 Å². The number of methoxy groups -OCH3 is 1. The summed E-state index contributed by atoms with van der Waals surface area (Å²) < 4.78 is 21.6. The van der Waals surface area contributed by atoms with E-state index in [0.717, 1.165) is 72.5 Å². The molecule has 0 bridgehead atoms. The Morgan fingerprint density at radius 3 is 2.52 bits per heavy atom. The van der Waals surface area contributed by atoms with E-state index in [9.17, 15) is 0 Å². The number of nitrogens with one attached hydrogen (secondary N) is 2. The second-order valence-electron chi connectivity index (χ2n) is 8.11. The molecule has 31 heavy (non-hydrogen) atoms. The van der Waals surface area contributed by atoms with E-state index in [1.807, 2.05) is 18.2 Å². The Balaban J connectivity index is 1.84. The molecule has 0 spiro atoms. The SMILES string of the molecule is CCN(CC)CCCC1(c2cccc(F)c2CCc2cc(Br)ccc2OC)NCCN1. The van der Waals surface area contributed by atoms with Crippen molar-refractivity contribution in [1.82, 2.24) is 15.5 Å². The van der Waals surface area contributed by atoms with Gasteiger partial charge in [0.1, 0.15) is 11.6 Å². The van der Waals surface area contributed by atoms with Gasteiger partial charge < -0.3 is 9.64 Å². The van der Waals surface area contributed by atoms with Crippen LogP contribution in [0.2, 0.25) is 0 Å². The number of aryl methyl sites for hydroxylation is 1. The van der Waals surface area contributed by atoms with Crippen molar-refractivity contribution in [3.63, 3.8) is 0 Å². The second kappa shape index (κ2) is 11.4. The number of hydrogen-bond acceptors (Lipinski definition) is 4. The topological polar surface area (TPSA) is 36.5 Å². The number of hydrogen-bond donors (Lipinski definition) is 2. The van der Waals surface area contributed by atoms with Gasteiger partial charge in [-0.2, -0.15) is 0 Å². The zero-order chi connectivity index (χ0) is 22.3. The molecule has 2 N–H and O–H groups in total. The molecule has 0 unspecified atom stereocenters. The Hall–Kier alpha value is -1.47. The van der Waals surface area contributed by atoms with Gasteiger partial charge >= 0.3 is 0 Å². The van der Waals surface area contributed by atoms with Crippen LogP contribution in [0.3, 0.4) is 0 Å². The third-order valence-electron chi connectivity index (χ3n) is 6.36. The van der Waals surface area contributed by atoms with Crippen molar-refractivity contribution in [3.05, 3.63) is 63.4 Å². The lowest BCUT2D eigenvalue weighted by Crippen LogP contribution is -2.47. The molecule has 2 aromatic rings. The van der Waals surface area contributed by atoms with Gasteiger partial charge in [-0.25, -0.2) is 4.39 Å². The molecule has 6 heteroatoms. The summed E-state index contributed by atoms with van der Waals surface area (Å²) in [5, 5.41) is 7.33. The average molecular weight is 492 g/mol. The van der Waals surface area contributed by atoms with Gasteiger partial charge in [-0.15, -0.1) is 0 Å². The van der Waals surface area contributed by atoms with E-state index in [1.165, 1.54) is 0 Å². The number of halogens is 2. The van der Waals surface area contributed by atoms with Crippen molar-refractivity contribution in [2.45, 2.75) is 45.2 Å². The van der Waals surface area contributed by atoms with E-state index >= 15 is 4.39 Å². The van der Waals surface area contributed by atoms with E-state index in [2.05, 4.69) is 57.4 Å². The summed E-state index contributed by atoms with van der Waals surface area (Å²) in [6.07, 6.45) is 3.32. The minimum Gasteiger partial charge on any atom is -0.496 e. The van der Waals surface area contributed by atoms with Crippen LogP contribution < -0.4 is 15.4 Å². The first kappa shape index (κ1) is 24.2. The highest BCUT2D eigenvalue weighted by Gasteiger charge is 2.36. The maximum atomic E-state index is 15.1. The van der Waals surface area contributed by atoms with Crippen molar-refractivity contribution in [2.24, 2.45) is 0 Å². The number of ether oxygens (including phenoxy) is 1. The Bertz CT molecular complexity index is 851. The molecule has 0 aromatic heterocycles. The summed E-state index contributed by atoms with van der Waals surface area (Å²) in [5.74, 6) is 0.706. The normalized spacial score (nSPS) is 15.5. The van der Waals surface area contributed by atoms with Crippen LogP contribution in [0.15, 0.2) is 40.9 Å². The summed E-state index contributed by atoms with van der Waals surface area (Å²) in [4.78, 5) is 2.44. The number of benzene rings is 2. The van der Waals surface area contributed by atoms with Crippen molar-refractivity contribution in [1.29, 1.82) is 0 Å². The van der Waals surface area contributed by atoms with E-state index in [0.29, 0.717) is 12.8 Å². The molecule has 1 saturated heterocycles. The van der Waals surface area contributed by atoms with Gasteiger partial charge in [0, 0.05) is 17.6 Å². The Morgan fingerprint density at radius 2 is 1.84 bits per heavy atom. The Morgan fingerprint density at radius 1 is 1.10 bits per heavy atom. The molecule has 0 saturated carbocycles. The van der Waals surface area contributed by atoms with Crippen molar-refractivity contribution in [3.8, 4) is 5.75 Å². The van der Waals surface area contributed by atoms with Gasteiger partial charge in [0.05, 0.1) is 12.8 Å². The molecule has 3 rings (SSSR count). The molecule has 1 heterocycles. The van der Waals surface area contributed by atoms with E-state index < -0.39 is 0 Å². The molecule has 0 amide bonds. The minimum absolute atomic E-state index is 0.134. The molecule has 0 radical (unpaired) electrons. The van der Waals surface area contributed by atoms with Crippen LogP contribution in [0.1, 0.15) is 43.4 Å². The van der Waals surface area contributed by atoms with Crippen LogP contribution in [0.5, 0.6) is 5.75 Å². The Labute approximate surface area is 194 Å². The third kappa shape index (κ3) is 5.86. The smallest absolute Gasteiger partial charge is 0.126 e. The molecular weight excluding hydrogens is 457 g/mol. The summed E-state index contributed by atoms with van der Waals surface area (Å²) >= 11 is 3.54. The van der Waals surface area contributed by atoms with E-state index in [1.54, 1.807) is 13.2 Å². The minimum atomic E-state index is -0.369. The highest BCUT2D eigenvalue weighted by molar-refractivity contribution is 9.10. The molecule has 0 atom stereocenters. The molecular formula is C25H35BrFN3O. The van der Waals surface area contributed by atoms with Gasteiger partial charge in [-0.3, -0.25) is 10.6 Å². The molecule has 2 aromatic carbocycles. The fourth-order valence-corrected chi connectivity index (χ4v) is 5.05. The van der Waals surface area contributed by atoms with Crippen molar-refractivity contribution >= 4 is 15.9 Å². The Kier molecular flexibility index (Phi) is 8.90. The molecule has 170 valence electrons. The zero-order valence-corrected chi connectivity index (χ0v) is 20.5. The highest BCUT2D eigenvalue weighted by atomic mass is 79.9. The first-order valence-corrected chi connectivity index (χ1v) is 12.1. The summed E-state index contributed by atoms with van der Waals surface area (Å²) in [6, 6.07) is 11.5. The predicted octanol–water partition coefficient (Wildman–Crippen LogP) is 4.85. The van der Waals surface area contributed by atoms with Crippen molar-refractivity contribution in [2.75, 3.05) is 39.8 Å². The third-order valence-corrected chi connectivity index (χ3v) is 6.86. The molecule has 4 nitrogen and oxygen atoms in total. The maximum absolute atomic E-state index is 15.1. The van der Waals surface area contributed by atoms with Gasteiger partial charge in [-0.05, 0) is 86.3 Å². The van der Waals surface area contributed by atoms with Crippen LogP contribution in [0.4, 0.5) is 4.39 Å². The molecule has 0 aliphatic carbocycles. The molecule has 1 aliphatic heterocycles. The van der Waals surface area contributed by atoms with Gasteiger partial charge in [0.25, 0.3) is 0 Å². The monoisotopic (exact) mass is 491 g/mol. The standard InChI is InChI=1S/C25H35BrFN3O/c1-4-30(5-2)17-7-14-25(28-15-16-29-25)22-8-6-9-23(27)21(22)12-10-19-18-20(26)11-13-24(19)31-3/h6,8-9,11,13,18,28-29H,4-5,7,10,12,14-17H2,1-3H3. The van der Waals surface area contributed by atoms with Gasteiger partial charge in [-0.1, -0.05) is 41.9 Å². The quantitative estimate of drug-likeness (QED) is 0.470. The molecule has 1 fully saturated rings. The van der Waals surface area contributed by atoms with Crippen LogP contribution in [-0.4, -0.2) is 44.7 Å². The fourth-order valence-electron chi connectivity index (χ4n) is 4.64. The van der Waals surface area contributed by atoms with Crippen molar-refractivity contribution < 1.29 is 9.13 Å². The molecule has 1 aliphatic rings. The highest BCUT2D eigenvalue weighted by Crippen LogP contribution is 2.32. The second-order valence-corrected chi connectivity index (χ2v) is 9.03. The first-order valence-electron chi connectivity index (χ1n) is 11.4. The van der Waals surface area contributed by atoms with Crippen LogP contribution in [0, 0.1) is 5.82 Å². The van der Waals surface area contributed by atoms with Gasteiger partial charge in [0.2, 0.25) is 0 Å². The van der Waals surface area contributed by atoms with Crippen LogP contribution >= 0.6 is 15.9 Å². The maximum Gasteiger partial charge on any atom is 0.126 e. The summed E-state index contributed by atoms with van der Waals surface area (Å²) in [5.41, 5.74) is 2.54. The lowest BCUT2D eigenvalue weighted by atomic mass is 9.88. The van der Waals surface area contributed by atoms with Crippen LogP contribution in [-0.2, 0) is 18.5 Å². The van der Waals surface area contributed by atoms with Crippen LogP contribution in [0.25, 0.3) is 0 Å². The number of rotatable bonds is 11. The first-order chi connectivity index (χ1) is 15.0.